The predicted octanol–water partition coefficient (Wildman–Crippen LogP) is 2.65. The van der Waals surface area contributed by atoms with Crippen LogP contribution in [0.3, 0.4) is 0 Å². The number of nitrogens with zero attached hydrogens (tertiary/aromatic N) is 2. The molecule has 2 aromatic carbocycles. The first-order valence-corrected chi connectivity index (χ1v) is 7.36. The van der Waals surface area contributed by atoms with Crippen LogP contribution in [-0.4, -0.2) is 15.5 Å². The Morgan fingerprint density at radius 3 is 2.74 bits per heavy atom. The number of amides is 1. The highest BCUT2D eigenvalue weighted by Crippen LogP contribution is 2.16. The number of hydrogen-bond acceptors (Lipinski definition) is 3. The number of aromatic nitrogens is 2. The summed E-state index contributed by atoms with van der Waals surface area (Å²) in [6.45, 7) is 3.87. The zero-order valence-corrected chi connectivity index (χ0v) is 13.0. The summed E-state index contributed by atoms with van der Waals surface area (Å²) < 4.78 is 1.32. The average molecular weight is 307 g/mol. The van der Waals surface area contributed by atoms with Gasteiger partial charge in [-0.3, -0.25) is 14.2 Å². The first kappa shape index (κ1) is 15.0. The number of carbonyl (C=O) groups is 1. The minimum Gasteiger partial charge on any atom is -0.324 e. The maximum absolute atomic E-state index is 12.4. The molecule has 3 aromatic rings. The molecule has 0 aliphatic heterocycles. The van der Waals surface area contributed by atoms with Crippen LogP contribution >= 0.6 is 0 Å². The van der Waals surface area contributed by atoms with E-state index in [0.717, 1.165) is 16.8 Å². The number of rotatable bonds is 3. The van der Waals surface area contributed by atoms with Crippen molar-refractivity contribution < 1.29 is 4.79 Å². The minimum absolute atomic E-state index is 0.0655. The number of benzene rings is 2. The first-order chi connectivity index (χ1) is 11.0. The van der Waals surface area contributed by atoms with Gasteiger partial charge in [-0.1, -0.05) is 29.8 Å². The molecule has 0 saturated heterocycles. The van der Waals surface area contributed by atoms with Crippen molar-refractivity contribution in [3.05, 3.63) is 70.3 Å². The Balaban J connectivity index is 1.83. The van der Waals surface area contributed by atoms with Crippen molar-refractivity contribution in [3.8, 4) is 0 Å². The van der Waals surface area contributed by atoms with Crippen LogP contribution in [0.2, 0.25) is 0 Å². The van der Waals surface area contributed by atoms with Crippen LogP contribution in [0.5, 0.6) is 0 Å². The Bertz CT molecular complexity index is 944. The SMILES string of the molecule is Cc1ccc(NC(=O)Cn2cnc3ccccc3c2=O)c(C)c1. The maximum Gasteiger partial charge on any atom is 0.261 e. The van der Waals surface area contributed by atoms with Gasteiger partial charge in [-0.25, -0.2) is 4.98 Å². The van der Waals surface area contributed by atoms with Gasteiger partial charge in [-0.15, -0.1) is 0 Å². The summed E-state index contributed by atoms with van der Waals surface area (Å²) >= 11 is 0. The van der Waals surface area contributed by atoms with Gasteiger partial charge in [-0.05, 0) is 37.6 Å². The Kier molecular flexibility index (Phi) is 3.93. The van der Waals surface area contributed by atoms with Gasteiger partial charge < -0.3 is 5.32 Å². The standard InChI is InChI=1S/C18H17N3O2/c1-12-7-8-15(13(2)9-12)20-17(22)10-21-11-19-16-6-4-3-5-14(16)18(21)23/h3-9,11H,10H2,1-2H3,(H,20,22). The van der Waals surface area contributed by atoms with E-state index < -0.39 is 0 Å². The lowest BCUT2D eigenvalue weighted by molar-refractivity contribution is -0.116. The van der Waals surface area contributed by atoms with Crippen LogP contribution < -0.4 is 10.9 Å². The fourth-order valence-electron chi connectivity index (χ4n) is 2.52. The Morgan fingerprint density at radius 1 is 1.17 bits per heavy atom. The van der Waals surface area contributed by atoms with E-state index in [1.807, 2.05) is 38.1 Å². The fraction of sp³-hybridized carbons (Fsp3) is 0.167. The minimum atomic E-state index is -0.254. The number of hydrogen-bond donors (Lipinski definition) is 1. The molecule has 0 atom stereocenters. The predicted molar refractivity (Wildman–Crippen MR) is 90.5 cm³/mol. The zero-order valence-electron chi connectivity index (χ0n) is 13.0. The molecule has 3 rings (SSSR count). The Labute approximate surface area is 133 Å². The molecule has 0 spiro atoms. The third kappa shape index (κ3) is 3.13. The van der Waals surface area contributed by atoms with Crippen LogP contribution in [0.15, 0.2) is 53.6 Å². The molecule has 0 unspecified atom stereocenters. The monoisotopic (exact) mass is 307 g/mol. The average Bonchev–Trinajstić information content (AvgIpc) is 2.53. The van der Waals surface area contributed by atoms with Crippen LogP contribution in [-0.2, 0) is 11.3 Å². The highest BCUT2D eigenvalue weighted by Gasteiger charge is 2.09. The van der Waals surface area contributed by atoms with E-state index in [9.17, 15) is 9.59 Å². The topological polar surface area (TPSA) is 64.0 Å². The highest BCUT2D eigenvalue weighted by atomic mass is 16.2. The molecule has 5 heteroatoms. The number of aryl methyl sites for hydroxylation is 2. The molecule has 0 saturated carbocycles. The van der Waals surface area contributed by atoms with Gasteiger partial charge in [0.25, 0.3) is 5.56 Å². The lowest BCUT2D eigenvalue weighted by atomic mass is 10.1. The normalized spacial score (nSPS) is 10.7. The summed E-state index contributed by atoms with van der Waals surface area (Å²) in [7, 11) is 0. The van der Waals surface area contributed by atoms with E-state index in [1.165, 1.54) is 10.9 Å². The lowest BCUT2D eigenvalue weighted by Gasteiger charge is -2.10. The number of anilines is 1. The summed E-state index contributed by atoms with van der Waals surface area (Å²) in [5.41, 5.74) is 3.29. The van der Waals surface area contributed by atoms with Gasteiger partial charge in [-0.2, -0.15) is 0 Å². The summed E-state index contributed by atoms with van der Waals surface area (Å²) in [5.74, 6) is -0.254. The maximum atomic E-state index is 12.4. The van der Waals surface area contributed by atoms with Gasteiger partial charge in [0.15, 0.2) is 0 Å². The van der Waals surface area contributed by atoms with Crippen LogP contribution in [0.25, 0.3) is 10.9 Å². The molecule has 0 aliphatic rings. The molecule has 116 valence electrons. The molecule has 1 N–H and O–H groups in total. The van der Waals surface area contributed by atoms with Crippen molar-refractivity contribution in [3.63, 3.8) is 0 Å². The van der Waals surface area contributed by atoms with E-state index >= 15 is 0 Å². The van der Waals surface area contributed by atoms with E-state index in [1.54, 1.807) is 18.2 Å². The smallest absolute Gasteiger partial charge is 0.261 e. The summed E-state index contributed by atoms with van der Waals surface area (Å²) in [5, 5.41) is 3.34. The van der Waals surface area contributed by atoms with Crippen molar-refractivity contribution >= 4 is 22.5 Å². The van der Waals surface area contributed by atoms with Gasteiger partial charge in [0.1, 0.15) is 6.54 Å². The second kappa shape index (κ2) is 6.04. The quantitative estimate of drug-likeness (QED) is 0.809. The lowest BCUT2D eigenvalue weighted by Crippen LogP contribution is -2.28. The first-order valence-electron chi connectivity index (χ1n) is 7.36. The van der Waals surface area contributed by atoms with E-state index in [4.69, 9.17) is 0 Å². The van der Waals surface area contributed by atoms with E-state index in [0.29, 0.717) is 10.9 Å². The van der Waals surface area contributed by atoms with Crippen molar-refractivity contribution in [1.29, 1.82) is 0 Å². The number of para-hydroxylation sites is 1. The third-order valence-corrected chi connectivity index (χ3v) is 3.70. The van der Waals surface area contributed by atoms with Crippen molar-refractivity contribution in [2.45, 2.75) is 20.4 Å². The Hall–Kier alpha value is -2.95. The number of carbonyl (C=O) groups excluding carboxylic acids is 1. The van der Waals surface area contributed by atoms with Gasteiger partial charge in [0, 0.05) is 5.69 Å². The Morgan fingerprint density at radius 2 is 1.96 bits per heavy atom. The van der Waals surface area contributed by atoms with Gasteiger partial charge >= 0.3 is 0 Å². The number of nitrogens with one attached hydrogen (secondary N) is 1. The van der Waals surface area contributed by atoms with Crippen LogP contribution in [0.1, 0.15) is 11.1 Å². The van der Waals surface area contributed by atoms with E-state index in [-0.39, 0.29) is 18.0 Å². The second-order valence-electron chi connectivity index (χ2n) is 5.56. The summed E-state index contributed by atoms with van der Waals surface area (Å²) in [6.07, 6.45) is 1.41. The van der Waals surface area contributed by atoms with Crippen molar-refractivity contribution in [2.75, 3.05) is 5.32 Å². The molecule has 0 fully saturated rings. The molecule has 1 aromatic heterocycles. The molecular formula is C18H17N3O2. The molecule has 0 aliphatic carbocycles. The molecule has 0 bridgehead atoms. The molecule has 5 nitrogen and oxygen atoms in total. The molecule has 1 amide bonds. The summed E-state index contributed by atoms with van der Waals surface area (Å²) in [6, 6.07) is 12.9. The number of fused-ring (bicyclic) bond motifs is 1. The largest absolute Gasteiger partial charge is 0.324 e. The van der Waals surface area contributed by atoms with Crippen LogP contribution in [0, 0.1) is 13.8 Å². The molecular weight excluding hydrogens is 290 g/mol. The zero-order chi connectivity index (χ0) is 16.4. The van der Waals surface area contributed by atoms with E-state index in [2.05, 4.69) is 10.3 Å². The van der Waals surface area contributed by atoms with Crippen molar-refractivity contribution in [1.82, 2.24) is 9.55 Å². The summed E-state index contributed by atoms with van der Waals surface area (Å²) in [4.78, 5) is 28.8. The highest BCUT2D eigenvalue weighted by molar-refractivity contribution is 5.91. The van der Waals surface area contributed by atoms with Crippen LogP contribution in [0.4, 0.5) is 5.69 Å². The molecule has 23 heavy (non-hydrogen) atoms. The third-order valence-electron chi connectivity index (χ3n) is 3.70. The van der Waals surface area contributed by atoms with Gasteiger partial charge in [0.2, 0.25) is 5.91 Å². The fourth-order valence-corrected chi connectivity index (χ4v) is 2.52. The van der Waals surface area contributed by atoms with Crippen molar-refractivity contribution in [2.24, 2.45) is 0 Å². The second-order valence-corrected chi connectivity index (χ2v) is 5.56. The molecule has 1 heterocycles. The molecule has 0 radical (unpaired) electrons. The van der Waals surface area contributed by atoms with Gasteiger partial charge in [0.05, 0.1) is 17.2 Å².